The Morgan fingerprint density at radius 3 is 0.588 bits per heavy atom. The SMILES string of the molecule is FC(F)(F)[P-](F)(F)(F)(C(F)(F)F)C(F)(F)F.[Cs+]. The summed E-state index contributed by atoms with van der Waals surface area (Å²) in [6.07, 6.45) is 0. The fourth-order valence-corrected chi connectivity index (χ4v) is 1.29. The minimum absolute atomic E-state index is 0. The molecule has 0 heterocycles. The van der Waals surface area contributed by atoms with Crippen molar-refractivity contribution in [2.45, 2.75) is 17.8 Å². The molecule has 0 fully saturated rings. The third-order valence-electron chi connectivity index (χ3n) is 1.62. The Labute approximate surface area is 143 Å². The van der Waals surface area contributed by atoms with Gasteiger partial charge in [-0.25, -0.2) is 0 Å². The van der Waals surface area contributed by atoms with Gasteiger partial charge in [0.15, 0.2) is 0 Å². The van der Waals surface area contributed by atoms with Gasteiger partial charge in [0.25, 0.3) is 0 Å². The Kier molecular flexibility index (Phi) is 5.02. The molecule has 0 aromatic rings. The average Bonchev–Trinajstić information content (AvgIpc) is 1.76. The predicted octanol–water partition coefficient (Wildman–Crippen LogP) is 2.29. The van der Waals surface area contributed by atoms with E-state index in [4.69, 9.17) is 0 Å². The normalized spacial score (nSPS) is 19.1. The van der Waals surface area contributed by atoms with Crippen LogP contribution in [0.5, 0.6) is 0 Å². The Morgan fingerprint density at radius 1 is 0.471 bits per heavy atom. The van der Waals surface area contributed by atoms with Crippen molar-refractivity contribution >= 4 is 6.88 Å². The average molecular weight is 428 g/mol. The molecule has 0 aromatic heterocycles. The summed E-state index contributed by atoms with van der Waals surface area (Å²) >= 11 is 0. The van der Waals surface area contributed by atoms with E-state index in [2.05, 4.69) is 0 Å². The van der Waals surface area contributed by atoms with Gasteiger partial charge in [0.05, 0.1) is 0 Å². The standard InChI is InChI=1S/C3F12P.Cs/c4-1(5,6)16(13,14,15,2(7,8)9)3(10,11)12;/q-1;+1. The van der Waals surface area contributed by atoms with Gasteiger partial charge in [-0.1, -0.05) is 0 Å². The van der Waals surface area contributed by atoms with Crippen LogP contribution in [0.1, 0.15) is 0 Å². The van der Waals surface area contributed by atoms with Crippen molar-refractivity contribution in [3.05, 3.63) is 0 Å². The molecule has 0 rings (SSSR count). The first-order valence-corrected chi connectivity index (χ1v) is 5.23. The molecule has 0 bridgehead atoms. The zero-order valence-corrected chi connectivity index (χ0v) is 14.7. The van der Waals surface area contributed by atoms with Gasteiger partial charge in [-0.15, -0.1) is 0 Å². The van der Waals surface area contributed by atoms with E-state index in [1.165, 1.54) is 0 Å². The zero-order valence-electron chi connectivity index (χ0n) is 7.48. The molecule has 0 aliphatic heterocycles. The summed E-state index contributed by atoms with van der Waals surface area (Å²) in [7, 11) is 0. The van der Waals surface area contributed by atoms with E-state index in [1.54, 1.807) is 0 Å². The van der Waals surface area contributed by atoms with Gasteiger partial charge in [0.1, 0.15) is 0 Å². The summed E-state index contributed by atoms with van der Waals surface area (Å²) < 4.78 is 139. The van der Waals surface area contributed by atoms with Crippen LogP contribution in [0.2, 0.25) is 0 Å². The van der Waals surface area contributed by atoms with E-state index in [-0.39, 0.29) is 68.9 Å². The van der Waals surface area contributed by atoms with Crippen molar-refractivity contribution in [3.63, 3.8) is 0 Å². The van der Waals surface area contributed by atoms with Gasteiger partial charge >= 0.3 is 146 Å². The van der Waals surface area contributed by atoms with Crippen molar-refractivity contribution in [2.75, 3.05) is 0 Å². The predicted molar refractivity (Wildman–Crippen MR) is 28.4 cm³/mol. The molecule has 0 aromatic carbocycles. The van der Waals surface area contributed by atoms with Gasteiger partial charge in [-0.05, 0) is 0 Å². The molecule has 0 radical (unpaired) electrons. The summed E-state index contributed by atoms with van der Waals surface area (Å²) in [6, 6.07) is 0. The Morgan fingerprint density at radius 2 is 0.588 bits per heavy atom. The number of hydrogen-bond acceptors (Lipinski definition) is 0. The third kappa shape index (κ3) is 1.98. The van der Waals surface area contributed by atoms with Crippen molar-refractivity contribution in [2.24, 2.45) is 0 Å². The Balaban J connectivity index is 0. The number of hydrogen-bond donors (Lipinski definition) is 0. The van der Waals surface area contributed by atoms with E-state index in [9.17, 15) is 52.1 Å². The third-order valence-corrected chi connectivity index (χ3v) is 4.87. The number of alkyl halides is 9. The first-order chi connectivity index (χ1) is 6.34. The Bertz CT molecular complexity index is 260. The van der Waals surface area contributed by atoms with Gasteiger partial charge in [-0.2, -0.15) is 0 Å². The molecule has 0 amide bonds. The first kappa shape index (κ1) is 20.9. The van der Waals surface area contributed by atoms with Crippen molar-refractivity contribution in [1.82, 2.24) is 0 Å². The van der Waals surface area contributed by atoms with Crippen LogP contribution in [-0.4, -0.2) is 17.8 Å². The first-order valence-electron chi connectivity index (χ1n) is 2.88. The summed E-state index contributed by atoms with van der Waals surface area (Å²) in [6.45, 7) is -13.1. The molecular formula is C3CsF12P. The van der Waals surface area contributed by atoms with Crippen molar-refractivity contribution in [3.8, 4) is 0 Å². The molecule has 14 heteroatoms. The van der Waals surface area contributed by atoms with Gasteiger partial charge in [0, 0.05) is 0 Å². The molecule has 0 saturated heterocycles. The smallest absolute Gasteiger partial charge is 1.00 e. The van der Waals surface area contributed by atoms with Crippen LogP contribution >= 0.6 is 6.88 Å². The maximum atomic E-state index is 12.1. The van der Waals surface area contributed by atoms with Crippen LogP contribution in [0, 0.1) is 0 Å². The molecule has 0 N–H and O–H groups in total. The molecule has 0 nitrogen and oxygen atoms in total. The van der Waals surface area contributed by atoms with E-state index in [0.717, 1.165) is 0 Å². The van der Waals surface area contributed by atoms with Crippen LogP contribution in [0.15, 0.2) is 0 Å². The second kappa shape index (κ2) is 4.07. The molecule has 0 unspecified atom stereocenters. The Hall–Kier alpha value is 1.64. The topological polar surface area (TPSA) is 0 Å². The molecule has 102 valence electrons. The van der Waals surface area contributed by atoms with Crippen LogP contribution in [-0.2, 0) is 0 Å². The number of halogens is 12. The molecule has 0 aliphatic rings. The monoisotopic (exact) mass is 428 g/mol. The van der Waals surface area contributed by atoms with E-state index in [1.807, 2.05) is 0 Å². The second-order valence-electron chi connectivity index (χ2n) is 2.69. The molecule has 17 heavy (non-hydrogen) atoms. The van der Waals surface area contributed by atoms with Crippen molar-refractivity contribution < 1.29 is 121 Å². The number of rotatable bonds is 0. The summed E-state index contributed by atoms with van der Waals surface area (Å²) in [5.41, 5.74) is 0. The van der Waals surface area contributed by atoms with E-state index in [0.29, 0.717) is 0 Å². The van der Waals surface area contributed by atoms with E-state index < -0.39 is 24.6 Å². The van der Waals surface area contributed by atoms with Gasteiger partial charge < -0.3 is 0 Å². The maximum Gasteiger partial charge on any atom is 1.00 e. The fourth-order valence-electron chi connectivity index (χ4n) is 0.431. The molecule has 0 atom stereocenters. The zero-order chi connectivity index (χ0) is 13.9. The van der Waals surface area contributed by atoms with Crippen molar-refractivity contribution in [1.29, 1.82) is 0 Å². The molecule has 0 spiro atoms. The molecular weight excluding hydrogens is 428 g/mol. The fraction of sp³-hybridized carbons (Fsp3) is 1.00. The van der Waals surface area contributed by atoms with Crippen LogP contribution in [0.4, 0.5) is 52.1 Å². The minimum Gasteiger partial charge on any atom is 1.00 e. The molecule has 0 aliphatic carbocycles. The minimum atomic E-state index is -13.1. The summed E-state index contributed by atoms with van der Waals surface area (Å²) in [4.78, 5) is 0. The largest absolute Gasteiger partial charge is 1.00 e. The molecule has 0 saturated carbocycles. The maximum absolute atomic E-state index is 13.1. The quantitative estimate of drug-likeness (QED) is 0.411. The van der Waals surface area contributed by atoms with Crippen LogP contribution in [0.3, 0.4) is 0 Å². The summed E-state index contributed by atoms with van der Waals surface area (Å²) in [5, 5.41) is 0. The van der Waals surface area contributed by atoms with Crippen LogP contribution in [0.25, 0.3) is 0 Å². The summed E-state index contributed by atoms with van der Waals surface area (Å²) in [5.74, 6) is -25.2. The van der Waals surface area contributed by atoms with Gasteiger partial charge in [0.2, 0.25) is 0 Å². The second-order valence-corrected chi connectivity index (χ2v) is 6.79. The van der Waals surface area contributed by atoms with Gasteiger partial charge in [-0.3, -0.25) is 0 Å². The van der Waals surface area contributed by atoms with Crippen LogP contribution < -0.4 is 68.9 Å². The van der Waals surface area contributed by atoms with E-state index >= 15 is 0 Å².